The summed E-state index contributed by atoms with van der Waals surface area (Å²) in [5.41, 5.74) is 0. The van der Waals surface area contributed by atoms with Crippen molar-refractivity contribution in [3.05, 3.63) is 53.7 Å². The first-order valence-corrected chi connectivity index (χ1v) is 9.04. The third-order valence-electron chi connectivity index (χ3n) is 4.34. The Hall–Kier alpha value is -2.83. The van der Waals surface area contributed by atoms with Crippen molar-refractivity contribution in [2.24, 2.45) is 0 Å². The second-order valence-corrected chi connectivity index (χ2v) is 6.38. The van der Waals surface area contributed by atoms with Crippen molar-refractivity contribution in [2.75, 3.05) is 19.7 Å². The van der Waals surface area contributed by atoms with Crippen molar-refractivity contribution in [2.45, 2.75) is 32.3 Å². The predicted molar refractivity (Wildman–Crippen MR) is 94.8 cm³/mol. The standard InChI is InChI=1S/C20H22FNO5/c21-15-5-7-16(8-6-15)25-13-17-9-10-18(27-17)20(24)26-14-19(23)22-11-3-1-2-4-12-22/h5-10H,1-4,11-14H2. The molecule has 1 aromatic heterocycles. The number of likely N-dealkylation sites (tertiary alicyclic amines) is 1. The first-order chi connectivity index (χ1) is 13.1. The van der Waals surface area contributed by atoms with Gasteiger partial charge in [-0.15, -0.1) is 0 Å². The van der Waals surface area contributed by atoms with Crippen molar-refractivity contribution in [3.8, 4) is 5.75 Å². The monoisotopic (exact) mass is 375 g/mol. The average Bonchev–Trinajstić information content (AvgIpc) is 2.98. The molecule has 1 aliphatic heterocycles. The summed E-state index contributed by atoms with van der Waals surface area (Å²) in [4.78, 5) is 25.9. The molecule has 27 heavy (non-hydrogen) atoms. The van der Waals surface area contributed by atoms with Gasteiger partial charge in [0.15, 0.2) is 6.61 Å². The molecule has 1 amide bonds. The smallest absolute Gasteiger partial charge is 0.374 e. The summed E-state index contributed by atoms with van der Waals surface area (Å²) in [5.74, 6) is -0.301. The molecule has 144 valence electrons. The van der Waals surface area contributed by atoms with Gasteiger partial charge in [-0.3, -0.25) is 4.79 Å². The van der Waals surface area contributed by atoms with E-state index >= 15 is 0 Å². The van der Waals surface area contributed by atoms with Gasteiger partial charge < -0.3 is 18.8 Å². The van der Waals surface area contributed by atoms with Crippen LogP contribution in [0.2, 0.25) is 0 Å². The van der Waals surface area contributed by atoms with Gasteiger partial charge in [0.05, 0.1) is 0 Å². The number of furan rings is 1. The number of amides is 1. The summed E-state index contributed by atoms with van der Waals surface area (Å²) < 4.78 is 28.8. The zero-order valence-electron chi connectivity index (χ0n) is 15.0. The molecule has 0 atom stereocenters. The molecule has 0 unspecified atom stereocenters. The molecule has 0 spiro atoms. The number of nitrogens with zero attached hydrogens (tertiary/aromatic N) is 1. The number of carbonyl (C=O) groups excluding carboxylic acids is 2. The minimum atomic E-state index is -0.689. The molecule has 3 rings (SSSR count). The zero-order chi connectivity index (χ0) is 19.1. The number of halogens is 1. The summed E-state index contributed by atoms with van der Waals surface area (Å²) in [5, 5.41) is 0. The number of carbonyl (C=O) groups is 2. The van der Waals surface area contributed by atoms with E-state index in [9.17, 15) is 14.0 Å². The third-order valence-corrected chi connectivity index (χ3v) is 4.34. The number of rotatable bonds is 6. The molecule has 1 aromatic carbocycles. The Kier molecular flexibility index (Phi) is 6.46. The quantitative estimate of drug-likeness (QED) is 0.722. The van der Waals surface area contributed by atoms with Crippen LogP contribution in [0.15, 0.2) is 40.8 Å². The highest BCUT2D eigenvalue weighted by Crippen LogP contribution is 2.16. The number of benzene rings is 1. The Balaban J connectivity index is 1.46. The van der Waals surface area contributed by atoms with E-state index in [0.29, 0.717) is 24.6 Å². The van der Waals surface area contributed by atoms with Crippen molar-refractivity contribution >= 4 is 11.9 Å². The number of hydrogen-bond donors (Lipinski definition) is 0. The Morgan fingerprint density at radius 3 is 2.41 bits per heavy atom. The van der Waals surface area contributed by atoms with Gasteiger partial charge in [-0.25, -0.2) is 9.18 Å². The molecule has 1 aliphatic rings. The largest absolute Gasteiger partial charge is 0.486 e. The third kappa shape index (κ3) is 5.57. The van der Waals surface area contributed by atoms with Crippen LogP contribution in [0.3, 0.4) is 0 Å². The van der Waals surface area contributed by atoms with E-state index in [0.717, 1.165) is 25.7 Å². The highest BCUT2D eigenvalue weighted by Gasteiger charge is 2.19. The van der Waals surface area contributed by atoms with Crippen LogP contribution in [0, 0.1) is 5.82 Å². The van der Waals surface area contributed by atoms with Crippen molar-refractivity contribution in [1.29, 1.82) is 0 Å². The molecule has 6 nitrogen and oxygen atoms in total. The molecule has 0 saturated carbocycles. The second kappa shape index (κ2) is 9.21. The van der Waals surface area contributed by atoms with Crippen molar-refractivity contribution in [3.63, 3.8) is 0 Å². The van der Waals surface area contributed by atoms with Crippen molar-refractivity contribution < 1.29 is 27.9 Å². The molecule has 1 fully saturated rings. The molecule has 2 aromatic rings. The summed E-state index contributed by atoms with van der Waals surface area (Å²) in [6.45, 7) is 1.22. The van der Waals surface area contributed by atoms with Crippen LogP contribution < -0.4 is 4.74 Å². The Bertz CT molecular complexity index is 763. The van der Waals surface area contributed by atoms with Crippen LogP contribution in [0.1, 0.15) is 42.0 Å². The van der Waals surface area contributed by atoms with Crippen LogP contribution in [0.25, 0.3) is 0 Å². The van der Waals surface area contributed by atoms with Gasteiger partial charge in [0.25, 0.3) is 5.91 Å². The lowest BCUT2D eigenvalue weighted by Crippen LogP contribution is -2.35. The molecule has 7 heteroatoms. The first kappa shape index (κ1) is 18.9. The molecule has 0 N–H and O–H groups in total. The van der Waals surface area contributed by atoms with Gasteiger partial charge in [0, 0.05) is 13.1 Å². The van der Waals surface area contributed by atoms with Gasteiger partial charge in [-0.2, -0.15) is 0 Å². The van der Waals surface area contributed by atoms with E-state index in [1.54, 1.807) is 11.0 Å². The lowest BCUT2D eigenvalue weighted by atomic mass is 10.2. The number of hydrogen-bond acceptors (Lipinski definition) is 5. The van der Waals surface area contributed by atoms with E-state index in [1.807, 2.05) is 0 Å². The van der Waals surface area contributed by atoms with Gasteiger partial charge in [0.2, 0.25) is 5.76 Å². The SMILES string of the molecule is O=C(OCC(=O)N1CCCCCC1)c1ccc(COc2ccc(F)cc2)o1. The van der Waals surface area contributed by atoms with Crippen LogP contribution in [0.4, 0.5) is 4.39 Å². The fourth-order valence-electron chi connectivity index (χ4n) is 2.86. The summed E-state index contributed by atoms with van der Waals surface area (Å²) >= 11 is 0. The summed E-state index contributed by atoms with van der Waals surface area (Å²) in [6, 6.07) is 8.66. The minimum Gasteiger partial charge on any atom is -0.486 e. The van der Waals surface area contributed by atoms with E-state index in [-0.39, 0.29) is 30.7 Å². The van der Waals surface area contributed by atoms with E-state index in [4.69, 9.17) is 13.9 Å². The van der Waals surface area contributed by atoms with Crippen LogP contribution in [0.5, 0.6) is 5.75 Å². The fraction of sp³-hybridized carbons (Fsp3) is 0.400. The highest BCUT2D eigenvalue weighted by atomic mass is 19.1. The number of esters is 1. The molecule has 0 radical (unpaired) electrons. The van der Waals surface area contributed by atoms with E-state index < -0.39 is 5.97 Å². The molecular weight excluding hydrogens is 353 g/mol. The molecular formula is C20H22FNO5. The van der Waals surface area contributed by atoms with Gasteiger partial charge in [0.1, 0.15) is 23.9 Å². The van der Waals surface area contributed by atoms with Gasteiger partial charge in [-0.05, 0) is 49.2 Å². The Morgan fingerprint density at radius 1 is 1.00 bits per heavy atom. The first-order valence-electron chi connectivity index (χ1n) is 9.04. The maximum Gasteiger partial charge on any atom is 0.374 e. The molecule has 1 saturated heterocycles. The maximum atomic E-state index is 12.9. The molecule has 2 heterocycles. The molecule has 0 aliphatic carbocycles. The molecule has 0 bridgehead atoms. The van der Waals surface area contributed by atoms with E-state index in [1.165, 1.54) is 30.3 Å². The topological polar surface area (TPSA) is 69.0 Å². The normalized spacial score (nSPS) is 14.5. The van der Waals surface area contributed by atoms with Crippen LogP contribution in [-0.4, -0.2) is 36.5 Å². The predicted octanol–water partition coefficient (Wildman–Crippen LogP) is 3.56. The summed E-state index contributed by atoms with van der Waals surface area (Å²) in [7, 11) is 0. The second-order valence-electron chi connectivity index (χ2n) is 6.38. The number of ether oxygens (including phenoxy) is 2. The minimum absolute atomic E-state index is 0.0105. The summed E-state index contributed by atoms with van der Waals surface area (Å²) in [6.07, 6.45) is 4.21. The Labute approximate surface area is 156 Å². The zero-order valence-corrected chi connectivity index (χ0v) is 15.0. The van der Waals surface area contributed by atoms with E-state index in [2.05, 4.69) is 0 Å². The lowest BCUT2D eigenvalue weighted by molar-refractivity contribution is -0.134. The van der Waals surface area contributed by atoms with Crippen LogP contribution >= 0.6 is 0 Å². The lowest BCUT2D eigenvalue weighted by Gasteiger charge is -2.19. The maximum absolute atomic E-state index is 12.9. The van der Waals surface area contributed by atoms with Crippen molar-refractivity contribution in [1.82, 2.24) is 4.90 Å². The van der Waals surface area contributed by atoms with Crippen LogP contribution in [-0.2, 0) is 16.1 Å². The average molecular weight is 375 g/mol. The highest BCUT2D eigenvalue weighted by molar-refractivity contribution is 5.88. The Morgan fingerprint density at radius 2 is 1.70 bits per heavy atom. The van der Waals surface area contributed by atoms with Gasteiger partial charge >= 0.3 is 5.97 Å². The van der Waals surface area contributed by atoms with Gasteiger partial charge in [-0.1, -0.05) is 12.8 Å². The fourth-order valence-corrected chi connectivity index (χ4v) is 2.86.